The Morgan fingerprint density at radius 3 is 2.36 bits per heavy atom. The summed E-state index contributed by atoms with van der Waals surface area (Å²) in [5.74, 6) is -0.498. The Morgan fingerprint density at radius 2 is 1.76 bits per heavy atom. The van der Waals surface area contributed by atoms with Gasteiger partial charge >= 0.3 is 5.69 Å². The summed E-state index contributed by atoms with van der Waals surface area (Å²) in [4.78, 5) is 36.3. The van der Waals surface area contributed by atoms with E-state index in [4.69, 9.17) is 4.74 Å². The van der Waals surface area contributed by atoms with Gasteiger partial charge in [-0.2, -0.15) is 4.31 Å². The van der Waals surface area contributed by atoms with Crippen LogP contribution in [0.4, 0.5) is 5.69 Å². The molecule has 3 rings (SSSR count). The molecule has 11 nitrogen and oxygen atoms in total. The van der Waals surface area contributed by atoms with Crippen molar-refractivity contribution in [3.8, 4) is 5.75 Å². The van der Waals surface area contributed by atoms with Crippen LogP contribution in [0.25, 0.3) is 0 Å². The Labute approximate surface area is 191 Å². The lowest BCUT2D eigenvalue weighted by molar-refractivity contribution is -0.386. The Hall–Kier alpha value is -3.51. The van der Waals surface area contributed by atoms with Crippen LogP contribution in [0.2, 0.25) is 0 Å². The van der Waals surface area contributed by atoms with E-state index in [9.17, 15) is 28.1 Å². The maximum atomic E-state index is 12.9. The zero-order chi connectivity index (χ0) is 24.0. The summed E-state index contributed by atoms with van der Waals surface area (Å²) in [6.07, 6.45) is 0.0933. The maximum Gasteiger partial charge on any atom is 0.312 e. The fraction of sp³-hybridized carbons (Fsp3) is 0.333. The summed E-state index contributed by atoms with van der Waals surface area (Å²) < 4.78 is 32.0. The molecule has 12 heteroatoms. The molecule has 1 N–H and O–H groups in total. The van der Waals surface area contributed by atoms with Gasteiger partial charge in [-0.25, -0.2) is 8.42 Å². The minimum absolute atomic E-state index is 0.0336. The molecule has 0 aliphatic carbocycles. The van der Waals surface area contributed by atoms with E-state index >= 15 is 0 Å². The van der Waals surface area contributed by atoms with Crippen LogP contribution < -0.4 is 10.1 Å². The van der Waals surface area contributed by atoms with E-state index in [-0.39, 0.29) is 61.6 Å². The lowest BCUT2D eigenvalue weighted by Crippen LogP contribution is -2.50. The van der Waals surface area contributed by atoms with Gasteiger partial charge in [0.2, 0.25) is 15.9 Å². The van der Waals surface area contributed by atoms with E-state index in [0.29, 0.717) is 5.56 Å². The van der Waals surface area contributed by atoms with Crippen molar-refractivity contribution in [1.29, 1.82) is 0 Å². The van der Waals surface area contributed by atoms with Crippen LogP contribution in [-0.4, -0.2) is 74.2 Å². The quantitative estimate of drug-likeness (QED) is 0.447. The normalized spacial score (nSPS) is 14.5. The van der Waals surface area contributed by atoms with Crippen LogP contribution in [0, 0.1) is 10.1 Å². The number of nitrogens with one attached hydrogen (secondary N) is 1. The van der Waals surface area contributed by atoms with Crippen LogP contribution in [-0.2, 0) is 14.8 Å². The molecular weight excluding hydrogens is 452 g/mol. The predicted molar refractivity (Wildman–Crippen MR) is 118 cm³/mol. The van der Waals surface area contributed by atoms with Crippen molar-refractivity contribution in [3.05, 3.63) is 64.2 Å². The number of nitro groups is 1. The maximum absolute atomic E-state index is 12.9. The largest absolute Gasteiger partial charge is 0.490 e. The first-order chi connectivity index (χ1) is 15.7. The van der Waals surface area contributed by atoms with E-state index in [1.54, 1.807) is 30.3 Å². The molecule has 0 spiro atoms. The number of amides is 2. The van der Waals surface area contributed by atoms with Crippen molar-refractivity contribution in [2.75, 3.05) is 39.8 Å². The van der Waals surface area contributed by atoms with E-state index in [0.717, 1.165) is 6.07 Å². The molecule has 0 unspecified atom stereocenters. The molecule has 1 fully saturated rings. The highest BCUT2D eigenvalue weighted by atomic mass is 32.2. The number of hydrogen-bond donors (Lipinski definition) is 1. The van der Waals surface area contributed by atoms with E-state index in [1.165, 1.54) is 28.4 Å². The summed E-state index contributed by atoms with van der Waals surface area (Å²) in [6, 6.07) is 12.1. The second-order valence-corrected chi connectivity index (χ2v) is 9.19. The van der Waals surface area contributed by atoms with E-state index < -0.39 is 20.6 Å². The molecule has 1 heterocycles. The highest BCUT2D eigenvalue weighted by Crippen LogP contribution is 2.30. The molecule has 1 aliphatic heterocycles. The van der Waals surface area contributed by atoms with Crippen molar-refractivity contribution in [2.24, 2.45) is 0 Å². The third kappa shape index (κ3) is 5.65. The summed E-state index contributed by atoms with van der Waals surface area (Å²) in [5, 5.41) is 13.9. The molecule has 2 aromatic rings. The van der Waals surface area contributed by atoms with Gasteiger partial charge in [0.1, 0.15) is 0 Å². The van der Waals surface area contributed by atoms with Crippen molar-refractivity contribution < 1.29 is 27.7 Å². The molecule has 33 heavy (non-hydrogen) atoms. The molecule has 2 aromatic carbocycles. The van der Waals surface area contributed by atoms with Crippen molar-refractivity contribution in [3.63, 3.8) is 0 Å². The van der Waals surface area contributed by atoms with E-state index in [1.807, 2.05) is 0 Å². The van der Waals surface area contributed by atoms with Crippen molar-refractivity contribution >= 4 is 27.5 Å². The number of rotatable bonds is 8. The molecule has 176 valence electrons. The predicted octanol–water partition coefficient (Wildman–Crippen LogP) is 1.26. The molecule has 0 radical (unpaired) electrons. The number of methoxy groups -OCH3 is 1. The Bertz CT molecular complexity index is 1130. The second-order valence-electron chi connectivity index (χ2n) is 7.25. The average Bonchev–Trinajstić information content (AvgIpc) is 2.84. The Balaban J connectivity index is 1.54. The SMILES string of the molecule is COc1ccc(S(=O)(=O)N2CCN(C(=O)CCNC(=O)c3ccccc3)CC2)cc1[N+](=O)[O-]. The zero-order valence-corrected chi connectivity index (χ0v) is 18.8. The van der Waals surface area contributed by atoms with Gasteiger partial charge in [-0.05, 0) is 24.3 Å². The Kier molecular flexibility index (Phi) is 7.61. The second kappa shape index (κ2) is 10.4. The highest BCUT2D eigenvalue weighted by molar-refractivity contribution is 7.89. The molecule has 0 bridgehead atoms. The van der Waals surface area contributed by atoms with Gasteiger partial charge < -0.3 is 15.0 Å². The Morgan fingerprint density at radius 1 is 1.09 bits per heavy atom. The highest BCUT2D eigenvalue weighted by Gasteiger charge is 2.31. The molecule has 2 amide bonds. The van der Waals surface area contributed by atoms with Gasteiger partial charge in [0.15, 0.2) is 5.75 Å². The third-order valence-corrected chi connectivity index (χ3v) is 7.13. The van der Waals surface area contributed by atoms with E-state index in [2.05, 4.69) is 5.32 Å². The van der Waals surface area contributed by atoms with Gasteiger partial charge in [-0.1, -0.05) is 18.2 Å². The molecule has 1 saturated heterocycles. The third-order valence-electron chi connectivity index (χ3n) is 5.24. The topological polar surface area (TPSA) is 139 Å². The fourth-order valence-electron chi connectivity index (χ4n) is 3.43. The standard InChI is InChI=1S/C21H24N4O7S/c1-32-19-8-7-17(15-18(19)25(28)29)33(30,31)24-13-11-23(12-14-24)20(26)9-10-22-21(27)16-5-3-2-4-6-16/h2-8,15H,9-14H2,1H3,(H,22,27). The summed E-state index contributed by atoms with van der Waals surface area (Å²) in [7, 11) is -2.71. The van der Waals surface area contributed by atoms with Gasteiger partial charge in [-0.15, -0.1) is 0 Å². The van der Waals surface area contributed by atoms with Crippen molar-refractivity contribution in [1.82, 2.24) is 14.5 Å². The number of carbonyl (C=O) groups is 2. The average molecular weight is 477 g/mol. The van der Waals surface area contributed by atoms with Crippen molar-refractivity contribution in [2.45, 2.75) is 11.3 Å². The lowest BCUT2D eigenvalue weighted by atomic mass is 10.2. The van der Waals surface area contributed by atoms with Crippen LogP contribution in [0.3, 0.4) is 0 Å². The molecule has 0 aromatic heterocycles. The minimum Gasteiger partial charge on any atom is -0.490 e. The number of hydrogen-bond acceptors (Lipinski definition) is 7. The lowest BCUT2D eigenvalue weighted by Gasteiger charge is -2.34. The molecule has 0 saturated carbocycles. The first-order valence-electron chi connectivity index (χ1n) is 10.2. The molecule has 1 aliphatic rings. The zero-order valence-electron chi connectivity index (χ0n) is 18.0. The summed E-state index contributed by atoms with van der Waals surface area (Å²) >= 11 is 0. The first-order valence-corrected chi connectivity index (χ1v) is 11.6. The van der Waals surface area contributed by atoms with Crippen LogP contribution in [0.1, 0.15) is 16.8 Å². The number of sulfonamides is 1. The number of nitro benzene ring substituents is 1. The number of nitrogens with zero attached hydrogens (tertiary/aromatic N) is 3. The number of piperazine rings is 1. The monoisotopic (exact) mass is 476 g/mol. The number of carbonyl (C=O) groups excluding carboxylic acids is 2. The fourth-order valence-corrected chi connectivity index (χ4v) is 4.88. The van der Waals surface area contributed by atoms with Crippen LogP contribution in [0.5, 0.6) is 5.75 Å². The smallest absolute Gasteiger partial charge is 0.312 e. The van der Waals surface area contributed by atoms with Crippen LogP contribution >= 0.6 is 0 Å². The number of ether oxygens (including phenoxy) is 1. The van der Waals surface area contributed by atoms with Gasteiger partial charge in [0, 0.05) is 50.8 Å². The number of benzene rings is 2. The molecule has 0 atom stereocenters. The summed E-state index contributed by atoms with van der Waals surface area (Å²) in [6.45, 7) is 0.654. The first kappa shape index (κ1) is 24.1. The summed E-state index contributed by atoms with van der Waals surface area (Å²) in [5.41, 5.74) is 0.0625. The van der Waals surface area contributed by atoms with Gasteiger partial charge in [-0.3, -0.25) is 19.7 Å². The van der Waals surface area contributed by atoms with Crippen LogP contribution in [0.15, 0.2) is 53.4 Å². The minimum atomic E-state index is -3.97. The van der Waals surface area contributed by atoms with Gasteiger partial charge in [0.05, 0.1) is 16.9 Å². The molecular formula is C21H24N4O7S. The van der Waals surface area contributed by atoms with Gasteiger partial charge in [0.25, 0.3) is 5.91 Å².